The van der Waals surface area contributed by atoms with E-state index in [9.17, 15) is 4.79 Å². The summed E-state index contributed by atoms with van der Waals surface area (Å²) >= 11 is 0. The molecule has 0 aromatic carbocycles. The zero-order valence-electron chi connectivity index (χ0n) is 8.82. The summed E-state index contributed by atoms with van der Waals surface area (Å²) in [7, 11) is 0. The predicted molar refractivity (Wildman–Crippen MR) is 58.3 cm³/mol. The number of aliphatic imine (C=N–C) groups is 1. The van der Waals surface area contributed by atoms with Crippen molar-refractivity contribution in [1.82, 2.24) is 10.2 Å². The van der Waals surface area contributed by atoms with Crippen LogP contribution in [-0.2, 0) is 4.79 Å². The second-order valence-corrected chi connectivity index (χ2v) is 3.23. The molecule has 1 atom stereocenters. The number of nitrogens with zero attached hydrogens (tertiary/aromatic N) is 2. The Kier molecular flexibility index (Phi) is 3.84. The van der Waals surface area contributed by atoms with Crippen molar-refractivity contribution in [2.45, 2.75) is 20.3 Å². The molecule has 15 heavy (non-hydrogen) atoms. The van der Waals surface area contributed by atoms with E-state index in [2.05, 4.69) is 20.5 Å². The van der Waals surface area contributed by atoms with Gasteiger partial charge >= 0.3 is 0 Å². The molecule has 0 aliphatic heterocycles. The molecule has 0 saturated heterocycles. The number of anilines is 1. The molecule has 4 N–H and O–H groups in total. The number of hydrogen-bond donors (Lipinski definition) is 3. The number of carbonyl (C=O) groups is 1. The van der Waals surface area contributed by atoms with Gasteiger partial charge in [-0.1, -0.05) is 13.8 Å². The Bertz CT molecular complexity index is 343. The standard InChI is InChI=1S/C9H15N5O/c1-3-6(2)8(15)13-9(10)12-7-4-5-11-14-7/h4-6H,3H2,1-2H3,(H4,10,11,12,13,14,15). The topological polar surface area (TPSA) is 96.2 Å². The maximum atomic E-state index is 11.4. The SMILES string of the molecule is CCC(C)C(=O)/N=C(/N)Nc1cc[nH]n1. The second-order valence-electron chi connectivity index (χ2n) is 3.23. The summed E-state index contributed by atoms with van der Waals surface area (Å²) in [5.74, 6) is 0.267. The quantitative estimate of drug-likeness (QED) is 0.504. The summed E-state index contributed by atoms with van der Waals surface area (Å²) in [4.78, 5) is 15.1. The molecule has 0 fully saturated rings. The van der Waals surface area contributed by atoms with Crippen molar-refractivity contribution < 1.29 is 4.79 Å². The minimum atomic E-state index is -0.224. The largest absolute Gasteiger partial charge is 0.369 e. The van der Waals surface area contributed by atoms with Crippen molar-refractivity contribution in [3.63, 3.8) is 0 Å². The number of H-pyrrole nitrogens is 1. The third-order valence-corrected chi connectivity index (χ3v) is 2.02. The molecular formula is C9H15N5O. The van der Waals surface area contributed by atoms with Crippen molar-refractivity contribution in [2.24, 2.45) is 16.6 Å². The van der Waals surface area contributed by atoms with Gasteiger partial charge in [-0.05, 0) is 6.42 Å². The number of aromatic amines is 1. The monoisotopic (exact) mass is 209 g/mol. The molecule has 1 unspecified atom stereocenters. The van der Waals surface area contributed by atoms with Crippen LogP contribution in [0.4, 0.5) is 5.82 Å². The number of nitrogens with two attached hydrogens (primary N) is 1. The number of hydrogen-bond acceptors (Lipinski definition) is 2. The van der Waals surface area contributed by atoms with Gasteiger partial charge in [0.15, 0.2) is 5.82 Å². The molecule has 0 aliphatic carbocycles. The van der Waals surface area contributed by atoms with E-state index in [1.807, 2.05) is 13.8 Å². The number of guanidine groups is 1. The van der Waals surface area contributed by atoms with Crippen molar-refractivity contribution in [3.8, 4) is 0 Å². The van der Waals surface area contributed by atoms with Gasteiger partial charge < -0.3 is 11.1 Å². The normalized spacial score (nSPS) is 13.6. The zero-order valence-corrected chi connectivity index (χ0v) is 8.82. The van der Waals surface area contributed by atoms with Crippen LogP contribution in [0.1, 0.15) is 20.3 Å². The first kappa shape index (κ1) is 11.2. The van der Waals surface area contributed by atoms with Crippen molar-refractivity contribution in [3.05, 3.63) is 12.3 Å². The predicted octanol–water partition coefficient (Wildman–Crippen LogP) is 0.709. The van der Waals surface area contributed by atoms with E-state index in [-0.39, 0.29) is 17.8 Å². The van der Waals surface area contributed by atoms with Crippen molar-refractivity contribution in [1.29, 1.82) is 0 Å². The lowest BCUT2D eigenvalue weighted by atomic mass is 10.1. The van der Waals surface area contributed by atoms with Crippen LogP contribution < -0.4 is 11.1 Å². The van der Waals surface area contributed by atoms with Crippen molar-refractivity contribution >= 4 is 17.7 Å². The zero-order chi connectivity index (χ0) is 11.3. The highest BCUT2D eigenvalue weighted by Gasteiger charge is 2.09. The van der Waals surface area contributed by atoms with E-state index in [4.69, 9.17) is 5.73 Å². The van der Waals surface area contributed by atoms with Crippen LogP contribution in [0.3, 0.4) is 0 Å². The number of rotatable bonds is 3. The fourth-order valence-corrected chi connectivity index (χ4v) is 0.893. The van der Waals surface area contributed by atoms with Gasteiger partial charge in [-0.15, -0.1) is 0 Å². The maximum Gasteiger partial charge on any atom is 0.251 e. The average Bonchev–Trinajstić information content (AvgIpc) is 2.68. The highest BCUT2D eigenvalue weighted by atomic mass is 16.1. The lowest BCUT2D eigenvalue weighted by Crippen LogP contribution is -2.25. The fourth-order valence-electron chi connectivity index (χ4n) is 0.893. The Hall–Kier alpha value is -1.85. The highest BCUT2D eigenvalue weighted by molar-refractivity contribution is 5.99. The first-order chi connectivity index (χ1) is 7.13. The molecule has 82 valence electrons. The summed E-state index contributed by atoms with van der Waals surface area (Å²) in [5.41, 5.74) is 5.52. The Morgan fingerprint density at radius 1 is 1.80 bits per heavy atom. The van der Waals surface area contributed by atoms with Gasteiger partial charge in [0.25, 0.3) is 5.91 Å². The van der Waals surface area contributed by atoms with Gasteiger partial charge in [0.2, 0.25) is 5.96 Å². The fraction of sp³-hybridized carbons (Fsp3) is 0.444. The maximum absolute atomic E-state index is 11.4. The summed E-state index contributed by atoms with van der Waals surface area (Å²) in [6.07, 6.45) is 2.39. The molecule has 1 heterocycles. The minimum Gasteiger partial charge on any atom is -0.369 e. The number of aromatic nitrogens is 2. The van der Waals surface area contributed by atoms with Crippen molar-refractivity contribution in [2.75, 3.05) is 5.32 Å². The molecule has 1 rings (SSSR count). The minimum absolute atomic E-state index is 0.0624. The van der Waals surface area contributed by atoms with Gasteiger partial charge in [-0.2, -0.15) is 10.1 Å². The van der Waals surface area contributed by atoms with Crippen LogP contribution in [0.2, 0.25) is 0 Å². The smallest absolute Gasteiger partial charge is 0.251 e. The third kappa shape index (κ3) is 3.41. The van der Waals surface area contributed by atoms with Gasteiger partial charge in [0, 0.05) is 18.2 Å². The summed E-state index contributed by atoms with van der Waals surface area (Å²) in [5, 5.41) is 9.13. The van der Waals surface area contributed by atoms with E-state index < -0.39 is 0 Å². The van der Waals surface area contributed by atoms with Crippen LogP contribution in [0, 0.1) is 5.92 Å². The lowest BCUT2D eigenvalue weighted by Gasteiger charge is -2.04. The second kappa shape index (κ2) is 5.14. The molecule has 6 nitrogen and oxygen atoms in total. The van der Waals surface area contributed by atoms with E-state index in [1.165, 1.54) is 0 Å². The number of amides is 1. The number of nitrogens with one attached hydrogen (secondary N) is 2. The Labute approximate surface area is 88.0 Å². The molecular weight excluding hydrogens is 194 g/mol. The lowest BCUT2D eigenvalue weighted by molar-refractivity contribution is -0.121. The first-order valence-electron chi connectivity index (χ1n) is 4.78. The summed E-state index contributed by atoms with van der Waals surface area (Å²) in [6, 6.07) is 1.69. The van der Waals surface area contributed by atoms with Crippen LogP contribution in [0.5, 0.6) is 0 Å². The van der Waals surface area contributed by atoms with Gasteiger partial charge in [0.1, 0.15) is 0 Å². The summed E-state index contributed by atoms with van der Waals surface area (Å²) in [6.45, 7) is 3.74. The third-order valence-electron chi connectivity index (χ3n) is 2.02. The molecule has 1 aromatic rings. The average molecular weight is 209 g/mol. The van der Waals surface area contributed by atoms with Gasteiger partial charge in [-0.25, -0.2) is 0 Å². The molecule has 0 saturated carbocycles. The molecule has 6 heteroatoms. The molecule has 1 aromatic heterocycles. The Balaban J connectivity index is 2.56. The highest BCUT2D eigenvalue weighted by Crippen LogP contribution is 2.03. The van der Waals surface area contributed by atoms with Crippen LogP contribution in [0.15, 0.2) is 17.3 Å². The molecule has 0 bridgehead atoms. The van der Waals surface area contributed by atoms with Crippen LogP contribution >= 0.6 is 0 Å². The van der Waals surface area contributed by atoms with E-state index in [0.29, 0.717) is 5.82 Å². The van der Waals surface area contributed by atoms with Gasteiger partial charge in [-0.3, -0.25) is 9.89 Å². The van der Waals surface area contributed by atoms with Gasteiger partial charge in [0.05, 0.1) is 0 Å². The molecule has 0 spiro atoms. The summed E-state index contributed by atoms with van der Waals surface area (Å²) < 4.78 is 0. The Morgan fingerprint density at radius 2 is 2.53 bits per heavy atom. The molecule has 0 radical (unpaired) electrons. The molecule has 0 aliphatic rings. The molecule has 1 amide bonds. The van der Waals surface area contributed by atoms with E-state index >= 15 is 0 Å². The van der Waals surface area contributed by atoms with E-state index in [0.717, 1.165) is 6.42 Å². The number of carbonyl (C=O) groups excluding carboxylic acids is 1. The van der Waals surface area contributed by atoms with Crippen LogP contribution in [0.25, 0.3) is 0 Å². The van der Waals surface area contributed by atoms with E-state index in [1.54, 1.807) is 12.3 Å². The Morgan fingerprint density at radius 3 is 3.07 bits per heavy atom. The van der Waals surface area contributed by atoms with Crippen LogP contribution in [-0.4, -0.2) is 22.1 Å². The first-order valence-corrected chi connectivity index (χ1v) is 4.78.